The molecule has 2 aromatic rings. The van der Waals surface area contributed by atoms with Crippen molar-refractivity contribution in [2.45, 2.75) is 0 Å². The zero-order valence-corrected chi connectivity index (χ0v) is 12.9. The molecule has 0 heterocycles. The highest BCUT2D eigenvalue weighted by atomic mass is 127. The van der Waals surface area contributed by atoms with Crippen LogP contribution in [-0.4, -0.2) is 24.2 Å². The Balaban J connectivity index is 2.36. The molecule has 1 amide bonds. The van der Waals surface area contributed by atoms with Gasteiger partial charge in [-0.2, -0.15) is 0 Å². The number of carbonyl (C=O) groups is 1. The normalized spacial score (nSPS) is 10.3. The molecule has 2 aromatic carbocycles. The number of hydrogen-bond acceptors (Lipinski definition) is 3. The highest BCUT2D eigenvalue weighted by molar-refractivity contribution is 14.1. The topological polar surface area (TPSA) is 66.6 Å². The van der Waals surface area contributed by atoms with Crippen LogP contribution in [0.25, 0.3) is 0 Å². The van der Waals surface area contributed by atoms with Gasteiger partial charge in [-0.25, -0.2) is 0 Å². The van der Waals surface area contributed by atoms with Crippen molar-refractivity contribution >= 4 is 39.9 Å². The number of aliphatic hydroxyl groups is 1. The second-order valence-electron chi connectivity index (χ2n) is 4.25. The summed E-state index contributed by atoms with van der Waals surface area (Å²) in [5.74, 6) is -0.173. The van der Waals surface area contributed by atoms with Gasteiger partial charge in [0.1, 0.15) is 0 Å². The number of hydrogen-bond donors (Lipinski definition) is 2. The van der Waals surface area contributed by atoms with Gasteiger partial charge >= 0.3 is 0 Å². The van der Waals surface area contributed by atoms with E-state index >= 15 is 0 Å². The number of amides is 1. The van der Waals surface area contributed by atoms with Crippen molar-refractivity contribution in [2.24, 2.45) is 0 Å². The Kier molecular flexibility index (Phi) is 4.97. The van der Waals surface area contributed by atoms with Crippen LogP contribution in [0.3, 0.4) is 0 Å². The van der Waals surface area contributed by atoms with E-state index in [0.717, 1.165) is 3.57 Å². The molecule has 0 aliphatic heterocycles. The summed E-state index contributed by atoms with van der Waals surface area (Å²) in [6.45, 7) is 0.0868. The van der Waals surface area contributed by atoms with Gasteiger partial charge in [-0.05, 0) is 59.0 Å². The van der Waals surface area contributed by atoms with Crippen LogP contribution in [0.1, 0.15) is 10.4 Å². The highest BCUT2D eigenvalue weighted by Gasteiger charge is 2.18. The average molecular weight is 382 g/mol. The maximum Gasteiger partial charge on any atom is 0.258 e. The first-order valence-electron chi connectivity index (χ1n) is 6.16. The number of carbonyl (C=O) groups excluding carboxylic acids is 1. The third-order valence-electron chi connectivity index (χ3n) is 2.89. The molecule has 104 valence electrons. The van der Waals surface area contributed by atoms with Crippen molar-refractivity contribution in [3.8, 4) is 0 Å². The molecule has 20 heavy (non-hydrogen) atoms. The maximum absolute atomic E-state index is 12.6. The molecule has 0 atom stereocenters. The van der Waals surface area contributed by atoms with Crippen molar-refractivity contribution in [2.75, 3.05) is 23.8 Å². The van der Waals surface area contributed by atoms with Crippen molar-refractivity contribution in [1.82, 2.24) is 0 Å². The molecule has 0 aromatic heterocycles. The summed E-state index contributed by atoms with van der Waals surface area (Å²) in [4.78, 5) is 14.1. The quantitative estimate of drug-likeness (QED) is 0.631. The van der Waals surface area contributed by atoms with Crippen LogP contribution in [0.2, 0.25) is 0 Å². The Bertz CT molecular complexity index is 599. The Hall–Kier alpha value is -1.60. The summed E-state index contributed by atoms with van der Waals surface area (Å²) < 4.78 is 1.06. The molecule has 0 aliphatic rings. The molecule has 4 nitrogen and oxygen atoms in total. The molecular formula is C15H15IN2O2. The predicted octanol–water partition coefficient (Wildman–Crippen LogP) is 2.51. The summed E-state index contributed by atoms with van der Waals surface area (Å²) in [5, 5.41) is 9.19. The first kappa shape index (κ1) is 14.8. The van der Waals surface area contributed by atoms with Crippen LogP contribution in [-0.2, 0) is 0 Å². The number of nitrogen functional groups attached to an aromatic ring is 1. The number of halogens is 1. The molecule has 0 saturated carbocycles. The van der Waals surface area contributed by atoms with Crippen LogP contribution in [0.5, 0.6) is 0 Å². The van der Waals surface area contributed by atoms with Crippen molar-refractivity contribution < 1.29 is 9.90 Å². The van der Waals surface area contributed by atoms with E-state index in [9.17, 15) is 9.90 Å². The van der Waals surface area contributed by atoms with E-state index in [2.05, 4.69) is 22.6 Å². The fourth-order valence-corrected chi connectivity index (χ4v) is 2.27. The Morgan fingerprint density at radius 2 is 1.80 bits per heavy atom. The molecule has 0 aliphatic carbocycles. The minimum atomic E-state index is -0.173. The van der Waals surface area contributed by atoms with E-state index in [1.807, 2.05) is 24.3 Å². The van der Waals surface area contributed by atoms with E-state index in [4.69, 9.17) is 5.73 Å². The minimum absolute atomic E-state index is 0.121. The lowest BCUT2D eigenvalue weighted by molar-refractivity contribution is 0.0981. The molecule has 0 spiro atoms. The SMILES string of the molecule is Nc1ccccc1N(CCO)C(=O)c1ccc(I)cc1. The van der Waals surface area contributed by atoms with Crippen LogP contribution in [0, 0.1) is 3.57 Å². The second kappa shape index (κ2) is 6.71. The fourth-order valence-electron chi connectivity index (χ4n) is 1.91. The smallest absolute Gasteiger partial charge is 0.258 e. The van der Waals surface area contributed by atoms with Gasteiger partial charge in [0.25, 0.3) is 5.91 Å². The van der Waals surface area contributed by atoms with Crippen LogP contribution >= 0.6 is 22.6 Å². The fraction of sp³-hybridized carbons (Fsp3) is 0.133. The van der Waals surface area contributed by atoms with Gasteiger partial charge in [0.15, 0.2) is 0 Å². The molecule has 0 fully saturated rings. The molecule has 5 heteroatoms. The lowest BCUT2D eigenvalue weighted by atomic mass is 10.1. The van der Waals surface area contributed by atoms with Gasteiger partial charge in [0.2, 0.25) is 0 Å². The van der Waals surface area contributed by atoms with Crippen molar-refractivity contribution in [3.63, 3.8) is 0 Å². The summed E-state index contributed by atoms with van der Waals surface area (Å²) in [5.41, 5.74) is 7.62. The molecule has 0 bridgehead atoms. The number of aliphatic hydroxyl groups excluding tert-OH is 1. The Labute approximate surface area is 131 Å². The second-order valence-corrected chi connectivity index (χ2v) is 5.49. The molecule has 2 rings (SSSR count). The van der Waals surface area contributed by atoms with Gasteiger partial charge in [-0.1, -0.05) is 12.1 Å². The molecule has 3 N–H and O–H groups in total. The first-order chi connectivity index (χ1) is 9.63. The Morgan fingerprint density at radius 1 is 1.15 bits per heavy atom. The predicted molar refractivity (Wildman–Crippen MR) is 88.8 cm³/mol. The van der Waals surface area contributed by atoms with Gasteiger partial charge in [-0.3, -0.25) is 4.79 Å². The first-order valence-corrected chi connectivity index (χ1v) is 7.24. The molecule has 0 saturated heterocycles. The zero-order valence-electron chi connectivity index (χ0n) is 10.8. The summed E-state index contributed by atoms with van der Waals surface area (Å²) in [7, 11) is 0. The number of nitrogens with two attached hydrogens (primary N) is 1. The summed E-state index contributed by atoms with van der Waals surface area (Å²) in [6, 6.07) is 14.4. The maximum atomic E-state index is 12.6. The largest absolute Gasteiger partial charge is 0.397 e. The van der Waals surface area contributed by atoms with Crippen molar-refractivity contribution in [1.29, 1.82) is 0 Å². The monoisotopic (exact) mass is 382 g/mol. The lowest BCUT2D eigenvalue weighted by Gasteiger charge is -2.23. The summed E-state index contributed by atoms with van der Waals surface area (Å²) >= 11 is 2.19. The van der Waals surface area contributed by atoms with Crippen LogP contribution in [0.15, 0.2) is 48.5 Å². The minimum Gasteiger partial charge on any atom is -0.397 e. The van der Waals surface area contributed by atoms with Crippen LogP contribution < -0.4 is 10.6 Å². The number of benzene rings is 2. The third-order valence-corrected chi connectivity index (χ3v) is 3.61. The molecular weight excluding hydrogens is 367 g/mol. The van der Waals surface area contributed by atoms with Gasteiger partial charge in [-0.15, -0.1) is 0 Å². The molecule has 0 unspecified atom stereocenters. The van der Waals surface area contributed by atoms with Crippen molar-refractivity contribution in [3.05, 3.63) is 57.7 Å². The average Bonchev–Trinajstić information content (AvgIpc) is 2.46. The van der Waals surface area contributed by atoms with Gasteiger partial charge in [0, 0.05) is 15.7 Å². The van der Waals surface area contributed by atoms with Gasteiger partial charge < -0.3 is 15.7 Å². The number of anilines is 2. The van der Waals surface area contributed by atoms with E-state index in [0.29, 0.717) is 16.9 Å². The number of para-hydroxylation sites is 2. The van der Waals surface area contributed by atoms with E-state index < -0.39 is 0 Å². The standard InChI is InChI=1S/C15H15IN2O2/c16-12-7-5-11(6-8-12)15(20)18(9-10-19)14-4-2-1-3-13(14)17/h1-8,19H,9-10,17H2. The zero-order chi connectivity index (χ0) is 14.5. The lowest BCUT2D eigenvalue weighted by Crippen LogP contribution is -2.34. The number of rotatable bonds is 4. The van der Waals surface area contributed by atoms with Gasteiger partial charge in [0.05, 0.1) is 18.0 Å². The Morgan fingerprint density at radius 3 is 2.40 bits per heavy atom. The third kappa shape index (κ3) is 3.29. The van der Waals surface area contributed by atoms with Crippen LogP contribution in [0.4, 0.5) is 11.4 Å². The highest BCUT2D eigenvalue weighted by Crippen LogP contribution is 2.24. The summed E-state index contributed by atoms with van der Waals surface area (Å²) in [6.07, 6.45) is 0. The number of nitrogens with zero attached hydrogens (tertiary/aromatic N) is 1. The molecule has 0 radical (unpaired) electrons. The van der Waals surface area contributed by atoms with E-state index in [1.54, 1.807) is 24.3 Å². The van der Waals surface area contributed by atoms with E-state index in [1.165, 1.54) is 4.90 Å². The van der Waals surface area contributed by atoms with E-state index in [-0.39, 0.29) is 19.1 Å².